The predicted octanol–water partition coefficient (Wildman–Crippen LogP) is 2.92. The lowest BCUT2D eigenvalue weighted by atomic mass is 10.3. The Hall–Kier alpha value is -1.02. The van der Waals surface area contributed by atoms with Crippen LogP contribution in [0.2, 0.25) is 0 Å². The van der Waals surface area contributed by atoms with Crippen LogP contribution in [-0.2, 0) is 0 Å². The molecular formula is C6H10ClF4NO2S. The summed E-state index contributed by atoms with van der Waals surface area (Å²) in [6.07, 6.45) is 0. The van der Waals surface area contributed by atoms with Gasteiger partial charge in [0.25, 0.3) is 5.69 Å². The van der Waals surface area contributed by atoms with Crippen molar-refractivity contribution in [1.29, 1.82) is 0 Å². The van der Waals surface area contributed by atoms with Gasteiger partial charge in [0.1, 0.15) is 0 Å². The lowest BCUT2D eigenvalue weighted by Gasteiger charge is -1.91. The third kappa shape index (κ3) is 8.01. The van der Waals surface area contributed by atoms with Gasteiger partial charge < -0.3 is 0 Å². The van der Waals surface area contributed by atoms with E-state index in [-0.39, 0.29) is 36.9 Å². The Morgan fingerprint density at radius 3 is 1.73 bits per heavy atom. The Balaban J connectivity index is -0.0000000667. The number of thiol groups is 1. The zero-order valence-electron chi connectivity index (χ0n) is 7.06. The molecule has 3 nitrogen and oxygen atoms in total. The summed E-state index contributed by atoms with van der Waals surface area (Å²) < 4.78 is 0. The molecule has 0 atom stereocenters. The Morgan fingerprint density at radius 2 is 1.47 bits per heavy atom. The molecule has 0 aliphatic heterocycles. The zero-order valence-corrected chi connectivity index (χ0v) is 8.77. The molecule has 0 amide bonds. The highest BCUT2D eigenvalue weighted by atomic mass is 35.5. The molecule has 0 bridgehead atoms. The fourth-order valence-electron chi connectivity index (χ4n) is 0.619. The molecule has 92 valence electrons. The molecule has 0 heterocycles. The van der Waals surface area contributed by atoms with E-state index in [2.05, 4.69) is 12.6 Å². The number of hydrogen-bond donors (Lipinski definition) is 1. The van der Waals surface area contributed by atoms with E-state index in [4.69, 9.17) is 0 Å². The first kappa shape index (κ1) is 29.2. The van der Waals surface area contributed by atoms with Crippen LogP contribution in [0.25, 0.3) is 0 Å². The van der Waals surface area contributed by atoms with Gasteiger partial charge >= 0.3 is 0 Å². The van der Waals surface area contributed by atoms with Gasteiger partial charge in [-0.15, -0.1) is 25.0 Å². The van der Waals surface area contributed by atoms with Gasteiger partial charge in [-0.25, -0.2) is 0 Å². The number of hydrogen-bond acceptors (Lipinski definition) is 3. The van der Waals surface area contributed by atoms with Crippen LogP contribution in [0.5, 0.6) is 0 Å². The fourth-order valence-corrected chi connectivity index (χ4v) is 0.861. The van der Waals surface area contributed by atoms with Crippen LogP contribution in [0, 0.1) is 10.1 Å². The van der Waals surface area contributed by atoms with Gasteiger partial charge in [-0.05, 0) is 6.07 Å². The minimum absolute atomic E-state index is 0. The van der Waals surface area contributed by atoms with Crippen molar-refractivity contribution in [3.8, 4) is 0 Å². The maximum atomic E-state index is 10.2. The van der Waals surface area contributed by atoms with Crippen molar-refractivity contribution in [2.75, 3.05) is 0 Å². The summed E-state index contributed by atoms with van der Waals surface area (Å²) >= 11 is 3.90. The van der Waals surface area contributed by atoms with Crippen molar-refractivity contribution in [1.82, 2.24) is 0 Å². The molecule has 0 fully saturated rings. The van der Waals surface area contributed by atoms with Crippen LogP contribution in [0.3, 0.4) is 0 Å². The van der Waals surface area contributed by atoms with Crippen molar-refractivity contribution in [3.63, 3.8) is 0 Å². The van der Waals surface area contributed by atoms with Crippen LogP contribution in [0.1, 0.15) is 0 Å². The van der Waals surface area contributed by atoms with E-state index >= 15 is 0 Å². The molecule has 0 saturated heterocycles. The Morgan fingerprint density at radius 1 is 1.07 bits per heavy atom. The van der Waals surface area contributed by atoms with E-state index in [1.165, 1.54) is 6.07 Å². The van der Waals surface area contributed by atoms with Crippen molar-refractivity contribution in [3.05, 3.63) is 34.4 Å². The van der Waals surface area contributed by atoms with Crippen LogP contribution in [0.4, 0.5) is 24.5 Å². The first-order valence-electron chi connectivity index (χ1n) is 2.64. The minimum atomic E-state index is -0.456. The lowest BCUT2D eigenvalue weighted by molar-refractivity contribution is -0.387. The molecule has 0 radical (unpaired) electrons. The number of benzene rings is 1. The first-order chi connectivity index (χ1) is 4.72. The number of nitro groups is 1. The highest BCUT2D eigenvalue weighted by molar-refractivity contribution is 7.80. The highest BCUT2D eigenvalue weighted by Crippen LogP contribution is 2.20. The Labute approximate surface area is 94.3 Å². The second kappa shape index (κ2) is 13.0. The van der Waals surface area contributed by atoms with Gasteiger partial charge in [0.05, 0.1) is 9.82 Å². The second-order valence-corrected chi connectivity index (χ2v) is 2.23. The highest BCUT2D eigenvalue weighted by Gasteiger charge is 2.06. The summed E-state index contributed by atoms with van der Waals surface area (Å²) in [4.78, 5) is 10.1. The van der Waals surface area contributed by atoms with Crippen molar-refractivity contribution >= 4 is 30.7 Å². The van der Waals surface area contributed by atoms with Gasteiger partial charge in [0.15, 0.2) is 0 Å². The lowest BCUT2D eigenvalue weighted by Crippen LogP contribution is -1.87. The van der Waals surface area contributed by atoms with Gasteiger partial charge in [-0.2, -0.15) is 0 Å². The van der Waals surface area contributed by atoms with Crippen molar-refractivity contribution < 1.29 is 23.7 Å². The number of rotatable bonds is 1. The molecule has 0 aliphatic rings. The molecule has 0 unspecified atom stereocenters. The van der Waals surface area contributed by atoms with Crippen LogP contribution in [0.15, 0.2) is 29.2 Å². The van der Waals surface area contributed by atoms with E-state index in [0.29, 0.717) is 4.90 Å². The standard InChI is InChI=1S/C6H5NO2S.ClH.4FH/c8-7(9)5-3-1-2-4-6(5)10;;;;;/h1-4,10H;5*1H. The van der Waals surface area contributed by atoms with E-state index in [1.807, 2.05) is 0 Å². The summed E-state index contributed by atoms with van der Waals surface area (Å²) in [6.45, 7) is 0. The topological polar surface area (TPSA) is 43.1 Å². The zero-order chi connectivity index (χ0) is 7.56. The number of nitrogens with zero attached hydrogens (tertiary/aromatic N) is 1. The molecule has 0 saturated carbocycles. The smallest absolute Gasteiger partial charge is 0.269 e. The third-order valence-electron chi connectivity index (χ3n) is 1.08. The molecule has 0 aromatic heterocycles. The SMILES string of the molecule is Cl.F.F.F.F.O=[N+]([O-])c1ccccc1S. The summed E-state index contributed by atoms with van der Waals surface area (Å²) in [7, 11) is 0. The molecule has 0 aliphatic carbocycles. The summed E-state index contributed by atoms with van der Waals surface area (Å²) in [5.74, 6) is 0. The average Bonchev–Trinajstić information content (AvgIpc) is 1.88. The largest absolute Gasteiger partial charge is 0.282 e. The number of para-hydroxylation sites is 1. The maximum absolute atomic E-state index is 10.2. The van der Waals surface area contributed by atoms with Gasteiger partial charge in [-0.1, -0.05) is 12.1 Å². The molecule has 0 N–H and O–H groups in total. The van der Waals surface area contributed by atoms with Crippen LogP contribution in [-0.4, -0.2) is 4.92 Å². The summed E-state index contributed by atoms with van der Waals surface area (Å²) in [6, 6.07) is 6.32. The van der Waals surface area contributed by atoms with Crippen molar-refractivity contribution in [2.24, 2.45) is 0 Å². The first-order valence-corrected chi connectivity index (χ1v) is 3.09. The normalized spacial score (nSPS) is 6.20. The monoisotopic (exact) mass is 271 g/mol. The molecule has 1 rings (SSSR count). The quantitative estimate of drug-likeness (QED) is 0.369. The Kier molecular flexibility index (Phi) is 25.3. The predicted molar refractivity (Wildman–Crippen MR) is 57.6 cm³/mol. The van der Waals surface area contributed by atoms with Gasteiger partial charge in [-0.3, -0.25) is 28.9 Å². The van der Waals surface area contributed by atoms with Crippen LogP contribution < -0.4 is 0 Å². The molecular weight excluding hydrogens is 262 g/mol. The van der Waals surface area contributed by atoms with E-state index < -0.39 is 4.92 Å². The average molecular weight is 272 g/mol. The summed E-state index contributed by atoms with van der Waals surface area (Å²) in [5.41, 5.74) is 0.0471. The maximum Gasteiger partial charge on any atom is 0.282 e. The van der Waals surface area contributed by atoms with E-state index in [9.17, 15) is 10.1 Å². The van der Waals surface area contributed by atoms with E-state index in [0.717, 1.165) is 0 Å². The number of nitro benzene ring substituents is 1. The number of halogens is 5. The minimum Gasteiger partial charge on any atom is -0.269 e. The Bertz CT molecular complexity index is 279. The van der Waals surface area contributed by atoms with Gasteiger partial charge in [0.2, 0.25) is 0 Å². The molecule has 1 aromatic rings. The van der Waals surface area contributed by atoms with Crippen LogP contribution >= 0.6 is 25.0 Å². The molecule has 15 heavy (non-hydrogen) atoms. The van der Waals surface area contributed by atoms with Gasteiger partial charge in [0, 0.05) is 6.07 Å². The molecule has 0 spiro atoms. The molecule has 1 aromatic carbocycles. The fraction of sp³-hybridized carbons (Fsp3) is 0. The third-order valence-corrected chi connectivity index (χ3v) is 1.46. The molecule has 9 heteroatoms. The summed E-state index contributed by atoms with van der Waals surface area (Å²) in [5, 5.41) is 10.2. The second-order valence-electron chi connectivity index (χ2n) is 1.75. The van der Waals surface area contributed by atoms with Crippen molar-refractivity contribution in [2.45, 2.75) is 4.90 Å². The van der Waals surface area contributed by atoms with E-state index in [1.54, 1.807) is 18.2 Å².